The summed E-state index contributed by atoms with van der Waals surface area (Å²) in [5.41, 5.74) is 1.06. The molecule has 4 nitrogen and oxygen atoms in total. The molecule has 0 bridgehead atoms. The number of carbonyl (C=O) groups excluding carboxylic acids is 1. The monoisotopic (exact) mass is 340 g/mol. The van der Waals surface area contributed by atoms with Crippen molar-refractivity contribution >= 4 is 22.0 Å². The predicted molar refractivity (Wildman–Crippen MR) is 82.3 cm³/mol. The van der Waals surface area contributed by atoms with Gasteiger partial charge in [-0.25, -0.2) is 4.79 Å². The van der Waals surface area contributed by atoms with Gasteiger partial charge in [0.1, 0.15) is 0 Å². The van der Waals surface area contributed by atoms with E-state index in [4.69, 9.17) is 0 Å². The molecule has 1 aliphatic carbocycles. The van der Waals surface area contributed by atoms with Crippen LogP contribution in [0.15, 0.2) is 28.7 Å². The van der Waals surface area contributed by atoms with Gasteiger partial charge in [-0.05, 0) is 42.9 Å². The summed E-state index contributed by atoms with van der Waals surface area (Å²) in [6, 6.07) is 7.71. The van der Waals surface area contributed by atoms with E-state index in [1.54, 1.807) is 0 Å². The van der Waals surface area contributed by atoms with Crippen LogP contribution < -0.4 is 10.6 Å². The van der Waals surface area contributed by atoms with E-state index in [1.165, 1.54) is 0 Å². The number of rotatable bonds is 4. The molecule has 0 aliphatic heterocycles. The van der Waals surface area contributed by atoms with Crippen LogP contribution in [0, 0.1) is 5.92 Å². The molecule has 1 saturated carbocycles. The largest absolute Gasteiger partial charge is 0.393 e. The first-order valence-electron chi connectivity index (χ1n) is 7.07. The van der Waals surface area contributed by atoms with Crippen LogP contribution in [0.1, 0.15) is 31.2 Å². The van der Waals surface area contributed by atoms with Gasteiger partial charge in [0, 0.05) is 17.6 Å². The van der Waals surface area contributed by atoms with Crippen LogP contribution in [0.25, 0.3) is 0 Å². The molecule has 1 aliphatic rings. The SMILES string of the molecule is O=C(NCc1cccc(Br)c1)NCC1CCCC(O)C1. The van der Waals surface area contributed by atoms with Crippen LogP contribution in [-0.2, 0) is 6.54 Å². The molecular formula is C15H21BrN2O2. The lowest BCUT2D eigenvalue weighted by atomic mass is 9.87. The highest BCUT2D eigenvalue weighted by molar-refractivity contribution is 9.10. The molecule has 110 valence electrons. The summed E-state index contributed by atoms with van der Waals surface area (Å²) in [7, 11) is 0. The van der Waals surface area contributed by atoms with Crippen LogP contribution >= 0.6 is 15.9 Å². The summed E-state index contributed by atoms with van der Waals surface area (Å²) in [6.45, 7) is 1.15. The Morgan fingerprint density at radius 3 is 2.95 bits per heavy atom. The molecular weight excluding hydrogens is 320 g/mol. The highest BCUT2D eigenvalue weighted by Crippen LogP contribution is 2.23. The van der Waals surface area contributed by atoms with Gasteiger partial charge in [0.25, 0.3) is 0 Å². The van der Waals surface area contributed by atoms with E-state index in [9.17, 15) is 9.90 Å². The molecule has 1 aromatic rings. The predicted octanol–water partition coefficient (Wildman–Crippen LogP) is 2.80. The highest BCUT2D eigenvalue weighted by atomic mass is 79.9. The second-order valence-electron chi connectivity index (χ2n) is 5.38. The minimum atomic E-state index is -0.194. The van der Waals surface area contributed by atoms with E-state index >= 15 is 0 Å². The molecule has 0 spiro atoms. The fourth-order valence-electron chi connectivity index (χ4n) is 2.58. The Hall–Kier alpha value is -1.07. The lowest BCUT2D eigenvalue weighted by Crippen LogP contribution is -2.39. The van der Waals surface area contributed by atoms with Crippen molar-refractivity contribution in [3.05, 3.63) is 34.3 Å². The zero-order valence-corrected chi connectivity index (χ0v) is 13.0. The van der Waals surface area contributed by atoms with Crippen LogP contribution in [0.3, 0.4) is 0 Å². The number of hydrogen-bond acceptors (Lipinski definition) is 2. The van der Waals surface area contributed by atoms with Gasteiger partial charge < -0.3 is 15.7 Å². The van der Waals surface area contributed by atoms with Gasteiger partial charge in [0.05, 0.1) is 6.10 Å². The van der Waals surface area contributed by atoms with Crippen LogP contribution in [0.2, 0.25) is 0 Å². The number of halogens is 1. The van der Waals surface area contributed by atoms with E-state index in [1.807, 2.05) is 24.3 Å². The maximum Gasteiger partial charge on any atom is 0.315 e. The van der Waals surface area contributed by atoms with Crippen molar-refractivity contribution in [1.29, 1.82) is 0 Å². The molecule has 0 radical (unpaired) electrons. The third-order valence-corrected chi connectivity index (χ3v) is 4.14. The van der Waals surface area contributed by atoms with Crippen LogP contribution in [0.4, 0.5) is 4.79 Å². The van der Waals surface area contributed by atoms with Gasteiger partial charge in [-0.1, -0.05) is 34.5 Å². The Morgan fingerprint density at radius 1 is 1.35 bits per heavy atom. The van der Waals surface area contributed by atoms with Gasteiger partial charge >= 0.3 is 6.03 Å². The number of amides is 2. The van der Waals surface area contributed by atoms with Crippen molar-refractivity contribution in [3.8, 4) is 0 Å². The lowest BCUT2D eigenvalue weighted by Gasteiger charge is -2.25. The van der Waals surface area contributed by atoms with E-state index in [2.05, 4.69) is 26.6 Å². The van der Waals surface area contributed by atoms with Gasteiger partial charge in [-0.3, -0.25) is 0 Å². The first-order valence-corrected chi connectivity index (χ1v) is 7.87. The molecule has 20 heavy (non-hydrogen) atoms. The number of urea groups is 1. The Bertz CT molecular complexity index is 453. The van der Waals surface area contributed by atoms with Crippen molar-refractivity contribution in [2.45, 2.75) is 38.3 Å². The summed E-state index contributed by atoms with van der Waals surface area (Å²) >= 11 is 3.41. The normalized spacial score (nSPS) is 22.3. The number of aliphatic hydroxyl groups is 1. The zero-order chi connectivity index (χ0) is 14.4. The molecule has 0 heterocycles. The Balaban J connectivity index is 1.67. The third-order valence-electron chi connectivity index (χ3n) is 3.65. The quantitative estimate of drug-likeness (QED) is 0.789. The minimum absolute atomic E-state index is 0.148. The average molecular weight is 341 g/mol. The maximum atomic E-state index is 11.7. The fourth-order valence-corrected chi connectivity index (χ4v) is 3.02. The third kappa shape index (κ3) is 5.13. The lowest BCUT2D eigenvalue weighted by molar-refractivity contribution is 0.101. The summed E-state index contributed by atoms with van der Waals surface area (Å²) in [5, 5.41) is 15.3. The van der Waals surface area contributed by atoms with Crippen molar-refractivity contribution < 1.29 is 9.90 Å². The van der Waals surface area contributed by atoms with Crippen LogP contribution in [0.5, 0.6) is 0 Å². The van der Waals surface area contributed by atoms with Crippen molar-refractivity contribution in [2.75, 3.05) is 6.54 Å². The summed E-state index contributed by atoms with van der Waals surface area (Å²) in [5.74, 6) is 0.398. The topological polar surface area (TPSA) is 61.4 Å². The van der Waals surface area contributed by atoms with Crippen molar-refractivity contribution in [1.82, 2.24) is 10.6 Å². The van der Waals surface area contributed by atoms with E-state index in [0.29, 0.717) is 19.0 Å². The van der Waals surface area contributed by atoms with Gasteiger partial charge in [0.2, 0.25) is 0 Å². The summed E-state index contributed by atoms with van der Waals surface area (Å²) in [6.07, 6.45) is 3.63. The van der Waals surface area contributed by atoms with Crippen molar-refractivity contribution in [3.63, 3.8) is 0 Å². The Labute approximate surface area is 128 Å². The van der Waals surface area contributed by atoms with E-state index < -0.39 is 0 Å². The molecule has 1 fully saturated rings. The summed E-state index contributed by atoms with van der Waals surface area (Å²) < 4.78 is 1.01. The molecule has 2 unspecified atom stereocenters. The van der Waals surface area contributed by atoms with Crippen molar-refractivity contribution in [2.24, 2.45) is 5.92 Å². The maximum absolute atomic E-state index is 11.7. The molecule has 2 amide bonds. The van der Waals surface area contributed by atoms with E-state index in [0.717, 1.165) is 35.7 Å². The average Bonchev–Trinajstić information content (AvgIpc) is 2.43. The smallest absolute Gasteiger partial charge is 0.315 e. The zero-order valence-electron chi connectivity index (χ0n) is 11.4. The van der Waals surface area contributed by atoms with Gasteiger partial charge in [-0.15, -0.1) is 0 Å². The second-order valence-corrected chi connectivity index (χ2v) is 6.30. The highest BCUT2D eigenvalue weighted by Gasteiger charge is 2.20. The number of aliphatic hydroxyl groups excluding tert-OH is 1. The van der Waals surface area contributed by atoms with Gasteiger partial charge in [-0.2, -0.15) is 0 Å². The molecule has 0 saturated heterocycles. The number of benzene rings is 1. The number of nitrogens with one attached hydrogen (secondary N) is 2. The molecule has 1 aromatic carbocycles. The molecule has 3 N–H and O–H groups in total. The minimum Gasteiger partial charge on any atom is -0.393 e. The first kappa shape index (κ1) is 15.3. The molecule has 2 rings (SSSR count). The molecule has 5 heteroatoms. The standard InChI is InChI=1S/C15H21BrN2O2/c16-13-5-1-3-11(7-13)9-17-15(20)18-10-12-4-2-6-14(19)8-12/h1,3,5,7,12,14,19H,2,4,6,8-10H2,(H2,17,18,20). The number of hydrogen-bond donors (Lipinski definition) is 3. The Morgan fingerprint density at radius 2 is 2.20 bits per heavy atom. The molecule has 2 atom stereocenters. The summed E-state index contributed by atoms with van der Waals surface area (Å²) in [4.78, 5) is 11.7. The fraction of sp³-hybridized carbons (Fsp3) is 0.533. The first-order chi connectivity index (χ1) is 9.63. The van der Waals surface area contributed by atoms with Gasteiger partial charge in [0.15, 0.2) is 0 Å². The second kappa shape index (κ2) is 7.64. The van der Waals surface area contributed by atoms with Crippen LogP contribution in [-0.4, -0.2) is 23.8 Å². The number of carbonyl (C=O) groups is 1. The Kier molecular flexibility index (Phi) is 5.86. The van der Waals surface area contributed by atoms with E-state index in [-0.39, 0.29) is 12.1 Å². The molecule has 0 aromatic heterocycles.